The fourth-order valence-corrected chi connectivity index (χ4v) is 4.18. The Bertz CT molecular complexity index is 1580. The van der Waals surface area contributed by atoms with Gasteiger partial charge in [0.25, 0.3) is 5.91 Å². The van der Waals surface area contributed by atoms with Gasteiger partial charge in [0.2, 0.25) is 5.88 Å². The van der Waals surface area contributed by atoms with E-state index >= 15 is 0 Å². The van der Waals surface area contributed by atoms with Crippen LogP contribution in [0.4, 0.5) is 28.9 Å². The van der Waals surface area contributed by atoms with Crippen LogP contribution in [0.1, 0.15) is 35.1 Å². The monoisotopic (exact) mass is 597 g/mol. The van der Waals surface area contributed by atoms with Crippen molar-refractivity contribution in [3.63, 3.8) is 0 Å². The van der Waals surface area contributed by atoms with Crippen molar-refractivity contribution in [1.29, 1.82) is 0 Å². The van der Waals surface area contributed by atoms with Gasteiger partial charge in [0, 0.05) is 31.8 Å². The minimum atomic E-state index is -4.62. The second kappa shape index (κ2) is 13.6. The molecule has 9 nitrogen and oxygen atoms in total. The zero-order valence-electron chi connectivity index (χ0n) is 24.1. The van der Waals surface area contributed by atoms with Crippen molar-refractivity contribution < 1.29 is 27.1 Å². The van der Waals surface area contributed by atoms with E-state index in [4.69, 9.17) is 4.74 Å². The van der Waals surface area contributed by atoms with Gasteiger partial charge >= 0.3 is 6.18 Å². The summed E-state index contributed by atoms with van der Waals surface area (Å²) < 4.78 is 61.3. The molecule has 1 amide bonds. The Morgan fingerprint density at radius 3 is 2.51 bits per heavy atom. The molecule has 4 rings (SSSR count). The van der Waals surface area contributed by atoms with Crippen molar-refractivity contribution in [2.24, 2.45) is 0 Å². The van der Waals surface area contributed by atoms with Gasteiger partial charge in [-0.1, -0.05) is 6.92 Å². The normalized spacial score (nSPS) is 11.5. The number of carbonyl (C=O) groups excluding carboxylic acids is 1. The number of ether oxygens (including phenoxy) is 1. The van der Waals surface area contributed by atoms with E-state index in [1.807, 2.05) is 25.9 Å². The van der Waals surface area contributed by atoms with Gasteiger partial charge < -0.3 is 19.9 Å². The molecule has 1 N–H and O–H groups in total. The van der Waals surface area contributed by atoms with Gasteiger partial charge in [0.05, 0.1) is 22.5 Å². The fraction of sp³-hybridized carbons (Fsp3) is 0.300. The number of nitrogens with one attached hydrogen (secondary N) is 1. The fourth-order valence-electron chi connectivity index (χ4n) is 4.18. The average molecular weight is 598 g/mol. The molecule has 13 heteroatoms. The first-order valence-corrected chi connectivity index (χ1v) is 13.5. The predicted molar refractivity (Wildman–Crippen MR) is 155 cm³/mol. The van der Waals surface area contributed by atoms with Gasteiger partial charge in [-0.3, -0.25) is 4.79 Å². The van der Waals surface area contributed by atoms with E-state index in [0.717, 1.165) is 37.2 Å². The van der Waals surface area contributed by atoms with Crippen molar-refractivity contribution in [3.05, 3.63) is 83.8 Å². The van der Waals surface area contributed by atoms with E-state index in [1.54, 1.807) is 24.1 Å². The second-order valence-corrected chi connectivity index (χ2v) is 9.94. The highest BCUT2D eigenvalue weighted by atomic mass is 19.4. The van der Waals surface area contributed by atoms with Crippen LogP contribution in [0.25, 0.3) is 11.4 Å². The Balaban J connectivity index is 1.62. The summed E-state index contributed by atoms with van der Waals surface area (Å²) in [5.74, 6) is -1.04. The van der Waals surface area contributed by atoms with Crippen LogP contribution in [-0.2, 0) is 12.6 Å². The van der Waals surface area contributed by atoms with Gasteiger partial charge in [-0.15, -0.1) is 0 Å². The van der Waals surface area contributed by atoms with Crippen LogP contribution in [0.15, 0.2) is 61.1 Å². The number of carbonyl (C=O) groups is 1. The lowest BCUT2D eigenvalue weighted by atomic mass is 10.1. The molecule has 0 aliphatic carbocycles. The minimum Gasteiger partial charge on any atom is -0.435 e. The molecule has 0 bridgehead atoms. The number of amides is 1. The summed E-state index contributed by atoms with van der Waals surface area (Å²) in [4.78, 5) is 33.8. The van der Waals surface area contributed by atoms with Gasteiger partial charge in [-0.05, 0) is 75.6 Å². The summed E-state index contributed by atoms with van der Waals surface area (Å²) in [6, 6.07) is 9.87. The number of aryl methyl sites for hydroxylation is 1. The third kappa shape index (κ3) is 8.01. The molecule has 0 unspecified atom stereocenters. The zero-order chi connectivity index (χ0) is 31.1. The van der Waals surface area contributed by atoms with Crippen LogP contribution < -0.4 is 15.0 Å². The summed E-state index contributed by atoms with van der Waals surface area (Å²) >= 11 is 0. The zero-order valence-corrected chi connectivity index (χ0v) is 24.1. The first-order valence-electron chi connectivity index (χ1n) is 13.5. The molecule has 43 heavy (non-hydrogen) atoms. The molecule has 0 radical (unpaired) electrons. The lowest BCUT2D eigenvalue weighted by Gasteiger charge is -2.24. The molecule has 4 aromatic rings. The third-order valence-electron chi connectivity index (χ3n) is 6.43. The molecule has 0 spiro atoms. The molecule has 0 aliphatic rings. The van der Waals surface area contributed by atoms with E-state index in [1.165, 1.54) is 24.7 Å². The number of aromatic nitrogens is 4. The van der Waals surface area contributed by atoms with E-state index in [0.29, 0.717) is 30.0 Å². The number of rotatable bonds is 11. The van der Waals surface area contributed by atoms with Crippen LogP contribution in [-0.4, -0.2) is 65.0 Å². The molecule has 0 saturated heterocycles. The number of anilines is 2. The molecular weight excluding hydrogens is 566 g/mol. The molecule has 0 saturated carbocycles. The number of hydrogen-bond donors (Lipinski definition) is 1. The average Bonchev–Trinajstić information content (AvgIpc) is 2.97. The van der Waals surface area contributed by atoms with E-state index in [9.17, 15) is 22.4 Å². The number of benzene rings is 2. The van der Waals surface area contributed by atoms with Crippen molar-refractivity contribution in [3.8, 4) is 23.0 Å². The minimum absolute atomic E-state index is 0.00766. The highest BCUT2D eigenvalue weighted by Crippen LogP contribution is 2.36. The molecule has 2 aromatic heterocycles. The lowest BCUT2D eigenvalue weighted by Crippen LogP contribution is -2.25. The number of alkyl halides is 3. The number of nitrogens with zero attached hydrogens (tertiary/aromatic N) is 6. The van der Waals surface area contributed by atoms with Crippen molar-refractivity contribution in [2.75, 3.05) is 44.4 Å². The summed E-state index contributed by atoms with van der Waals surface area (Å²) in [7, 11) is 5.58. The Hall–Kier alpha value is -4.65. The van der Waals surface area contributed by atoms with E-state index in [-0.39, 0.29) is 28.7 Å². The number of halogens is 4. The number of pyridine rings is 1. The van der Waals surface area contributed by atoms with Gasteiger partial charge in [0.15, 0.2) is 17.4 Å². The molecule has 2 heterocycles. The Morgan fingerprint density at radius 2 is 1.79 bits per heavy atom. The van der Waals surface area contributed by atoms with E-state index in [2.05, 4.69) is 25.3 Å². The maximum atomic E-state index is 14.9. The van der Waals surface area contributed by atoms with Crippen LogP contribution >= 0.6 is 0 Å². The van der Waals surface area contributed by atoms with Crippen molar-refractivity contribution in [1.82, 2.24) is 24.8 Å². The summed E-state index contributed by atoms with van der Waals surface area (Å²) in [6.45, 7) is 3.20. The first-order chi connectivity index (χ1) is 20.5. The molecular formula is C30H31F4N7O2. The summed E-state index contributed by atoms with van der Waals surface area (Å²) in [5, 5.41) is 2.57. The highest BCUT2D eigenvalue weighted by Gasteiger charge is 2.31. The lowest BCUT2D eigenvalue weighted by molar-refractivity contribution is -0.137. The largest absolute Gasteiger partial charge is 0.435 e. The highest BCUT2D eigenvalue weighted by molar-refractivity contribution is 6.06. The first kappa shape index (κ1) is 31.3. The Kier molecular flexibility index (Phi) is 9.86. The van der Waals surface area contributed by atoms with Crippen LogP contribution in [0.3, 0.4) is 0 Å². The van der Waals surface area contributed by atoms with Crippen LogP contribution in [0.2, 0.25) is 0 Å². The second-order valence-electron chi connectivity index (χ2n) is 9.94. The quantitative estimate of drug-likeness (QED) is 0.208. The van der Waals surface area contributed by atoms with Crippen molar-refractivity contribution >= 4 is 17.3 Å². The SMILES string of the molecule is CCc1ncnc(-c2cccnc2Oc2cc(C(=O)Nc3cc(C(F)(F)F)ccc3N(C)CCCN(C)C)ccc2F)n1. The third-order valence-corrected chi connectivity index (χ3v) is 6.43. The topological polar surface area (TPSA) is 96.4 Å². The molecule has 0 fully saturated rings. The van der Waals surface area contributed by atoms with Crippen LogP contribution in [0.5, 0.6) is 11.6 Å². The van der Waals surface area contributed by atoms with Crippen LogP contribution in [0, 0.1) is 5.82 Å². The maximum Gasteiger partial charge on any atom is 0.416 e. The van der Waals surface area contributed by atoms with Gasteiger partial charge in [0.1, 0.15) is 12.2 Å². The van der Waals surface area contributed by atoms with Gasteiger partial charge in [-0.25, -0.2) is 24.3 Å². The smallest absolute Gasteiger partial charge is 0.416 e. The Morgan fingerprint density at radius 1 is 1.00 bits per heavy atom. The summed E-state index contributed by atoms with van der Waals surface area (Å²) in [5.41, 5.74) is -0.211. The van der Waals surface area contributed by atoms with E-state index < -0.39 is 23.5 Å². The van der Waals surface area contributed by atoms with Gasteiger partial charge in [-0.2, -0.15) is 13.2 Å². The predicted octanol–water partition coefficient (Wildman–Crippen LogP) is 6.09. The molecule has 0 atom stereocenters. The standard InChI is InChI=1S/C30H31F4N7O2/c1-5-26-36-18-37-27(39-26)21-8-6-13-35-29(21)43-25-16-19(9-11-22(25)31)28(42)38-23-17-20(30(32,33)34)10-12-24(23)41(4)15-7-14-40(2)3/h6,8-13,16-18H,5,7,14-15H2,1-4H3,(H,38,42). The maximum absolute atomic E-state index is 14.9. The Labute approximate surface area is 246 Å². The summed E-state index contributed by atoms with van der Waals surface area (Å²) in [6.07, 6.45) is -0.507. The molecule has 0 aliphatic heterocycles. The van der Waals surface area contributed by atoms with Crippen molar-refractivity contribution in [2.45, 2.75) is 25.9 Å². The number of hydrogen-bond acceptors (Lipinski definition) is 8. The molecule has 2 aromatic carbocycles. The molecule has 226 valence electrons.